The van der Waals surface area contributed by atoms with Gasteiger partial charge >= 0.3 is 0 Å². The average molecular weight is 279 g/mol. The highest BCUT2D eigenvalue weighted by atomic mass is 15.1. The second kappa shape index (κ2) is 5.70. The molecule has 2 aromatic heterocycles. The average Bonchev–Trinajstić information content (AvgIpc) is 2.84. The van der Waals surface area contributed by atoms with Crippen molar-refractivity contribution >= 4 is 10.9 Å². The number of benzene rings is 1. The standard InChI is InChI=1S/C18H21N3/c1-14(17-9-6-7-11-19-17)20(2)12-15-13-21(3)18-10-5-4-8-16(15)18/h4-11,13-14H,12H2,1-3H3/t14-/m1/s1. The molecule has 1 atom stereocenters. The Kier molecular flexibility index (Phi) is 3.76. The van der Waals surface area contributed by atoms with E-state index in [4.69, 9.17) is 0 Å². The van der Waals surface area contributed by atoms with Crippen molar-refractivity contribution in [2.75, 3.05) is 7.05 Å². The first-order chi connectivity index (χ1) is 10.2. The van der Waals surface area contributed by atoms with Crippen molar-refractivity contribution in [3.63, 3.8) is 0 Å². The molecule has 3 rings (SSSR count). The molecule has 0 fully saturated rings. The third-order valence-electron chi connectivity index (χ3n) is 4.18. The molecule has 0 N–H and O–H groups in total. The molecule has 0 spiro atoms. The number of nitrogens with zero attached hydrogens (tertiary/aromatic N) is 3. The van der Waals surface area contributed by atoms with Crippen molar-refractivity contribution in [3.8, 4) is 0 Å². The summed E-state index contributed by atoms with van der Waals surface area (Å²) in [4.78, 5) is 6.80. The highest BCUT2D eigenvalue weighted by Crippen LogP contribution is 2.24. The molecule has 3 nitrogen and oxygen atoms in total. The lowest BCUT2D eigenvalue weighted by atomic mass is 10.1. The minimum atomic E-state index is 0.296. The molecule has 3 aromatic rings. The van der Waals surface area contributed by atoms with Gasteiger partial charge < -0.3 is 4.57 Å². The SMILES string of the molecule is C[C@H](c1ccccn1)N(C)Cc1cn(C)c2ccccc12. The van der Waals surface area contributed by atoms with E-state index in [1.165, 1.54) is 16.5 Å². The van der Waals surface area contributed by atoms with E-state index >= 15 is 0 Å². The van der Waals surface area contributed by atoms with Crippen molar-refractivity contribution in [1.82, 2.24) is 14.5 Å². The summed E-state index contributed by atoms with van der Waals surface area (Å²) in [5.41, 5.74) is 3.75. The first-order valence-corrected chi connectivity index (χ1v) is 7.31. The minimum absolute atomic E-state index is 0.296. The van der Waals surface area contributed by atoms with Gasteiger partial charge in [-0.1, -0.05) is 24.3 Å². The Bertz CT molecular complexity index is 731. The van der Waals surface area contributed by atoms with E-state index in [-0.39, 0.29) is 0 Å². The van der Waals surface area contributed by atoms with Crippen LogP contribution in [0.15, 0.2) is 54.9 Å². The molecule has 0 amide bonds. The zero-order valence-corrected chi connectivity index (χ0v) is 12.8. The summed E-state index contributed by atoms with van der Waals surface area (Å²) in [6, 6.07) is 15.0. The van der Waals surface area contributed by atoms with Crippen molar-refractivity contribution in [1.29, 1.82) is 0 Å². The second-order valence-corrected chi connectivity index (χ2v) is 5.63. The van der Waals surface area contributed by atoms with E-state index in [1.807, 2.05) is 18.3 Å². The second-order valence-electron chi connectivity index (χ2n) is 5.63. The van der Waals surface area contributed by atoms with Crippen LogP contribution in [0.4, 0.5) is 0 Å². The van der Waals surface area contributed by atoms with Gasteiger partial charge in [0, 0.05) is 42.9 Å². The third kappa shape index (κ3) is 2.69. The Labute approximate surface area is 125 Å². The topological polar surface area (TPSA) is 21.1 Å². The smallest absolute Gasteiger partial charge is 0.0572 e. The number of aryl methyl sites for hydroxylation is 1. The molecule has 108 valence electrons. The maximum absolute atomic E-state index is 4.46. The van der Waals surface area contributed by atoms with E-state index in [9.17, 15) is 0 Å². The zero-order chi connectivity index (χ0) is 14.8. The number of rotatable bonds is 4. The van der Waals surface area contributed by atoms with Gasteiger partial charge in [-0.3, -0.25) is 9.88 Å². The summed E-state index contributed by atoms with van der Waals surface area (Å²) >= 11 is 0. The van der Waals surface area contributed by atoms with Gasteiger partial charge in [0.15, 0.2) is 0 Å². The van der Waals surface area contributed by atoms with Crippen LogP contribution in [0.2, 0.25) is 0 Å². The van der Waals surface area contributed by atoms with E-state index in [2.05, 4.69) is 72.0 Å². The maximum Gasteiger partial charge on any atom is 0.0572 e. The van der Waals surface area contributed by atoms with Crippen molar-refractivity contribution in [3.05, 3.63) is 66.1 Å². The van der Waals surface area contributed by atoms with Crippen LogP contribution < -0.4 is 0 Å². The fourth-order valence-corrected chi connectivity index (χ4v) is 2.81. The molecular weight excluding hydrogens is 258 g/mol. The molecule has 0 radical (unpaired) electrons. The van der Waals surface area contributed by atoms with Gasteiger partial charge in [0.25, 0.3) is 0 Å². The molecule has 0 saturated carbocycles. The molecule has 0 aliphatic carbocycles. The van der Waals surface area contributed by atoms with E-state index in [0.717, 1.165) is 12.2 Å². The monoisotopic (exact) mass is 279 g/mol. The molecule has 3 heteroatoms. The van der Waals surface area contributed by atoms with E-state index in [1.54, 1.807) is 0 Å². The summed E-state index contributed by atoms with van der Waals surface area (Å²) in [6.07, 6.45) is 4.09. The largest absolute Gasteiger partial charge is 0.350 e. The van der Waals surface area contributed by atoms with Crippen LogP contribution in [0.1, 0.15) is 24.2 Å². The summed E-state index contributed by atoms with van der Waals surface area (Å²) in [5.74, 6) is 0. The molecule has 0 bridgehead atoms. The number of hydrogen-bond acceptors (Lipinski definition) is 2. The van der Waals surface area contributed by atoms with Crippen molar-refractivity contribution in [2.45, 2.75) is 19.5 Å². The summed E-state index contributed by atoms with van der Waals surface area (Å²) in [7, 11) is 4.26. The Morgan fingerprint density at radius 2 is 1.90 bits per heavy atom. The fraction of sp³-hybridized carbons (Fsp3) is 0.278. The predicted octanol–water partition coefficient (Wildman–Crippen LogP) is 3.77. The molecule has 21 heavy (non-hydrogen) atoms. The minimum Gasteiger partial charge on any atom is -0.350 e. The van der Waals surface area contributed by atoms with Crippen molar-refractivity contribution in [2.24, 2.45) is 7.05 Å². The van der Waals surface area contributed by atoms with Gasteiger partial charge in [0.1, 0.15) is 0 Å². The molecular formula is C18H21N3. The Morgan fingerprint density at radius 3 is 2.67 bits per heavy atom. The number of aromatic nitrogens is 2. The van der Waals surface area contributed by atoms with Gasteiger partial charge in [0.05, 0.1) is 5.69 Å². The van der Waals surface area contributed by atoms with Crippen LogP contribution in [0.3, 0.4) is 0 Å². The molecule has 0 unspecified atom stereocenters. The first kappa shape index (κ1) is 13.8. The van der Waals surface area contributed by atoms with Gasteiger partial charge in [0.2, 0.25) is 0 Å². The zero-order valence-electron chi connectivity index (χ0n) is 12.8. The number of fused-ring (bicyclic) bond motifs is 1. The lowest BCUT2D eigenvalue weighted by Crippen LogP contribution is -2.22. The maximum atomic E-state index is 4.46. The molecule has 0 saturated heterocycles. The van der Waals surface area contributed by atoms with Crippen LogP contribution >= 0.6 is 0 Å². The van der Waals surface area contributed by atoms with Crippen molar-refractivity contribution < 1.29 is 0 Å². The highest BCUT2D eigenvalue weighted by molar-refractivity contribution is 5.83. The first-order valence-electron chi connectivity index (χ1n) is 7.31. The Morgan fingerprint density at radius 1 is 1.14 bits per heavy atom. The molecule has 1 aromatic carbocycles. The number of hydrogen-bond donors (Lipinski definition) is 0. The highest BCUT2D eigenvalue weighted by Gasteiger charge is 2.15. The molecule has 2 heterocycles. The van der Waals surface area contributed by atoms with Crippen LogP contribution in [0.25, 0.3) is 10.9 Å². The lowest BCUT2D eigenvalue weighted by molar-refractivity contribution is 0.249. The number of pyridine rings is 1. The van der Waals surface area contributed by atoms with Crippen LogP contribution in [-0.2, 0) is 13.6 Å². The van der Waals surface area contributed by atoms with E-state index < -0.39 is 0 Å². The van der Waals surface area contributed by atoms with Gasteiger partial charge in [-0.25, -0.2) is 0 Å². The quantitative estimate of drug-likeness (QED) is 0.725. The van der Waals surface area contributed by atoms with E-state index in [0.29, 0.717) is 6.04 Å². The lowest BCUT2D eigenvalue weighted by Gasteiger charge is -2.24. The summed E-state index contributed by atoms with van der Waals surface area (Å²) in [6.45, 7) is 3.12. The van der Waals surface area contributed by atoms with Gasteiger partial charge in [-0.2, -0.15) is 0 Å². The molecule has 0 aliphatic rings. The summed E-state index contributed by atoms with van der Waals surface area (Å²) < 4.78 is 2.20. The predicted molar refractivity (Wildman–Crippen MR) is 87.0 cm³/mol. The Balaban J connectivity index is 1.85. The number of para-hydroxylation sites is 1. The van der Waals surface area contributed by atoms with Gasteiger partial charge in [-0.15, -0.1) is 0 Å². The fourth-order valence-electron chi connectivity index (χ4n) is 2.81. The Hall–Kier alpha value is -2.13. The third-order valence-corrected chi connectivity index (χ3v) is 4.18. The van der Waals surface area contributed by atoms with Crippen LogP contribution in [0, 0.1) is 0 Å². The van der Waals surface area contributed by atoms with Gasteiger partial charge in [-0.05, 0) is 37.7 Å². The molecule has 0 aliphatic heterocycles. The normalized spacial score (nSPS) is 13.0. The van der Waals surface area contributed by atoms with Crippen LogP contribution in [0.5, 0.6) is 0 Å². The summed E-state index contributed by atoms with van der Waals surface area (Å²) in [5, 5.41) is 1.33. The van der Waals surface area contributed by atoms with Crippen LogP contribution in [-0.4, -0.2) is 21.5 Å².